The maximum atomic E-state index is 13.5. The Morgan fingerprint density at radius 3 is 2.06 bits per heavy atom. The Bertz CT molecular complexity index is 1020. The molecule has 0 unspecified atom stereocenters. The lowest BCUT2D eigenvalue weighted by Crippen LogP contribution is -2.47. The van der Waals surface area contributed by atoms with Gasteiger partial charge in [0.05, 0.1) is 10.2 Å². The summed E-state index contributed by atoms with van der Waals surface area (Å²) in [5, 5.41) is 0. The van der Waals surface area contributed by atoms with Gasteiger partial charge in [0.2, 0.25) is 0 Å². The van der Waals surface area contributed by atoms with Crippen LogP contribution in [0.4, 0.5) is 0 Å². The van der Waals surface area contributed by atoms with Crippen molar-refractivity contribution in [3.63, 3.8) is 0 Å². The zero-order valence-corrected chi connectivity index (χ0v) is 19.0. The van der Waals surface area contributed by atoms with E-state index in [-0.39, 0.29) is 16.0 Å². The van der Waals surface area contributed by atoms with E-state index in [1.54, 1.807) is 0 Å². The van der Waals surface area contributed by atoms with E-state index in [1.165, 1.54) is 12.0 Å². The topological polar surface area (TPSA) is 26.3 Å². The van der Waals surface area contributed by atoms with Gasteiger partial charge in [-0.3, -0.25) is 4.79 Å². The molecule has 0 bridgehead atoms. The highest BCUT2D eigenvalue weighted by Gasteiger charge is 2.62. The molecule has 1 spiro atoms. The average Bonchev–Trinajstić information content (AvgIpc) is 3.15. The average molecular weight is 447 g/mol. The normalized spacial score (nSPS) is 24.8. The number of thioether (sulfide) groups is 2. The number of ketones is 1. The maximum absolute atomic E-state index is 13.5. The van der Waals surface area contributed by atoms with E-state index in [9.17, 15) is 4.79 Å². The quantitative estimate of drug-likeness (QED) is 0.399. The van der Waals surface area contributed by atoms with Gasteiger partial charge in [-0.15, -0.1) is 23.5 Å². The minimum atomic E-state index is -0.669. The summed E-state index contributed by atoms with van der Waals surface area (Å²) in [6, 6.07) is 30.6. The molecule has 2 saturated heterocycles. The Hall–Kier alpha value is -2.01. The first-order valence-electron chi connectivity index (χ1n) is 10.9. The lowest BCUT2D eigenvalue weighted by Gasteiger charge is -2.45. The Morgan fingerprint density at radius 1 is 0.839 bits per heavy atom. The molecule has 3 aromatic rings. The Kier molecular flexibility index (Phi) is 5.96. The smallest absolute Gasteiger partial charge is 0.166 e. The SMILES string of the molecule is O=C(C[C@@]1(c2ccccc2)O[C@H](c2ccccc2)CC12SCCCS2)c1ccccc1. The van der Waals surface area contributed by atoms with E-state index in [0.29, 0.717) is 6.42 Å². The van der Waals surface area contributed by atoms with Gasteiger partial charge < -0.3 is 4.74 Å². The summed E-state index contributed by atoms with van der Waals surface area (Å²) in [6.07, 6.45) is 2.43. The van der Waals surface area contributed by atoms with Gasteiger partial charge in [-0.1, -0.05) is 91.0 Å². The number of ether oxygens (including phenoxy) is 1. The highest BCUT2D eigenvalue weighted by Crippen LogP contribution is 2.66. The fourth-order valence-corrected chi connectivity index (χ4v) is 8.52. The molecule has 2 aliphatic heterocycles. The van der Waals surface area contributed by atoms with Crippen LogP contribution in [0.15, 0.2) is 91.0 Å². The summed E-state index contributed by atoms with van der Waals surface area (Å²) < 4.78 is 6.86. The third-order valence-corrected chi connectivity index (χ3v) is 9.91. The molecule has 0 aliphatic carbocycles. The second-order valence-corrected chi connectivity index (χ2v) is 11.2. The fraction of sp³-hybridized carbons (Fsp3) is 0.296. The second-order valence-electron chi connectivity index (χ2n) is 8.18. The Labute approximate surface area is 192 Å². The standard InChI is InChI=1S/C27H26O2S2/c28-24(21-11-4-1-5-12-21)19-26(23-15-8-3-9-16-23)27(30-17-10-18-31-27)20-25(29-26)22-13-6-2-7-14-22/h1-9,11-16,25H,10,17-20H2/t25-,26-/m0/s1. The van der Waals surface area contributed by atoms with Crippen molar-refractivity contribution in [2.75, 3.05) is 11.5 Å². The monoisotopic (exact) mass is 446 g/mol. The summed E-state index contributed by atoms with van der Waals surface area (Å²) in [5.41, 5.74) is 2.39. The molecule has 158 valence electrons. The number of hydrogen-bond acceptors (Lipinski definition) is 4. The first-order valence-corrected chi connectivity index (χ1v) is 12.8. The molecular weight excluding hydrogens is 420 g/mol. The molecule has 0 saturated carbocycles. The van der Waals surface area contributed by atoms with Crippen molar-refractivity contribution < 1.29 is 9.53 Å². The van der Waals surface area contributed by atoms with Crippen molar-refractivity contribution >= 4 is 29.3 Å². The minimum Gasteiger partial charge on any atom is -0.359 e. The molecule has 2 heterocycles. The van der Waals surface area contributed by atoms with Crippen molar-refractivity contribution in [2.45, 2.75) is 35.0 Å². The molecule has 0 aromatic heterocycles. The van der Waals surface area contributed by atoms with Crippen LogP contribution in [0.5, 0.6) is 0 Å². The number of Topliss-reactive ketones (excluding diaryl/α,β-unsaturated/α-hetero) is 1. The number of benzene rings is 3. The zero-order valence-electron chi connectivity index (χ0n) is 17.4. The molecule has 0 amide bonds. The summed E-state index contributed by atoms with van der Waals surface area (Å²) in [4.78, 5) is 13.5. The largest absolute Gasteiger partial charge is 0.359 e. The maximum Gasteiger partial charge on any atom is 0.166 e. The molecular formula is C27H26O2S2. The van der Waals surface area contributed by atoms with Gasteiger partial charge in [0, 0.05) is 18.4 Å². The van der Waals surface area contributed by atoms with Crippen molar-refractivity contribution in [1.82, 2.24) is 0 Å². The van der Waals surface area contributed by atoms with Crippen LogP contribution < -0.4 is 0 Å². The van der Waals surface area contributed by atoms with Crippen LogP contribution in [0.3, 0.4) is 0 Å². The first kappa shape index (κ1) is 20.9. The zero-order chi connectivity index (χ0) is 21.2. The van der Waals surface area contributed by atoms with Crippen LogP contribution in [0.2, 0.25) is 0 Å². The Morgan fingerprint density at radius 2 is 1.42 bits per heavy atom. The lowest BCUT2D eigenvalue weighted by molar-refractivity contribution is -0.0488. The Balaban J connectivity index is 1.62. The highest BCUT2D eigenvalue weighted by molar-refractivity contribution is 8.18. The molecule has 3 aromatic carbocycles. The van der Waals surface area contributed by atoms with Gasteiger partial charge in [0.15, 0.2) is 5.78 Å². The van der Waals surface area contributed by atoms with Gasteiger partial charge in [0.1, 0.15) is 5.60 Å². The fourth-order valence-electron chi connectivity index (χ4n) is 4.79. The molecule has 2 nitrogen and oxygen atoms in total. The molecule has 31 heavy (non-hydrogen) atoms. The van der Waals surface area contributed by atoms with Gasteiger partial charge in [0.25, 0.3) is 0 Å². The van der Waals surface area contributed by atoms with E-state index >= 15 is 0 Å². The molecule has 0 radical (unpaired) electrons. The van der Waals surface area contributed by atoms with Crippen LogP contribution in [0, 0.1) is 0 Å². The lowest BCUT2D eigenvalue weighted by atomic mass is 9.83. The van der Waals surface area contributed by atoms with E-state index in [2.05, 4.69) is 48.5 Å². The van der Waals surface area contributed by atoms with Crippen LogP contribution >= 0.6 is 23.5 Å². The molecule has 5 rings (SSSR count). The molecule has 0 N–H and O–H groups in total. The number of carbonyl (C=O) groups is 1. The van der Waals surface area contributed by atoms with E-state index in [4.69, 9.17) is 4.74 Å². The van der Waals surface area contributed by atoms with Crippen LogP contribution in [-0.4, -0.2) is 21.4 Å². The predicted octanol–water partition coefficient (Wildman–Crippen LogP) is 6.88. The predicted molar refractivity (Wildman–Crippen MR) is 131 cm³/mol. The van der Waals surface area contributed by atoms with Gasteiger partial charge in [-0.25, -0.2) is 0 Å². The van der Waals surface area contributed by atoms with Crippen molar-refractivity contribution in [1.29, 1.82) is 0 Å². The molecule has 2 aliphatic rings. The van der Waals surface area contributed by atoms with Gasteiger partial charge in [-0.2, -0.15) is 0 Å². The third-order valence-electron chi connectivity index (χ3n) is 6.29. The molecule has 2 atom stereocenters. The van der Waals surface area contributed by atoms with Crippen molar-refractivity contribution in [2.24, 2.45) is 0 Å². The highest BCUT2D eigenvalue weighted by atomic mass is 32.2. The molecule has 4 heteroatoms. The van der Waals surface area contributed by atoms with E-state index in [0.717, 1.165) is 29.1 Å². The molecule has 2 fully saturated rings. The number of rotatable bonds is 5. The van der Waals surface area contributed by atoms with E-state index in [1.807, 2.05) is 66.0 Å². The van der Waals surface area contributed by atoms with Crippen LogP contribution in [-0.2, 0) is 10.3 Å². The van der Waals surface area contributed by atoms with Gasteiger partial charge in [-0.05, 0) is 29.1 Å². The number of hydrogen-bond donors (Lipinski definition) is 0. The number of carbonyl (C=O) groups excluding carboxylic acids is 1. The summed E-state index contributed by atoms with van der Waals surface area (Å²) >= 11 is 3.99. The van der Waals surface area contributed by atoms with Crippen LogP contribution in [0.25, 0.3) is 0 Å². The first-order chi connectivity index (χ1) is 15.2. The summed E-state index contributed by atoms with van der Waals surface area (Å²) in [7, 11) is 0. The second kappa shape index (κ2) is 8.85. The minimum absolute atomic E-state index is 0.0249. The van der Waals surface area contributed by atoms with Crippen molar-refractivity contribution in [3.8, 4) is 0 Å². The van der Waals surface area contributed by atoms with Gasteiger partial charge >= 0.3 is 0 Å². The summed E-state index contributed by atoms with van der Waals surface area (Å²) in [6.45, 7) is 0. The third kappa shape index (κ3) is 3.86. The van der Waals surface area contributed by atoms with Crippen LogP contribution in [0.1, 0.15) is 46.9 Å². The van der Waals surface area contributed by atoms with E-state index < -0.39 is 5.60 Å². The van der Waals surface area contributed by atoms with Crippen molar-refractivity contribution in [3.05, 3.63) is 108 Å². The summed E-state index contributed by atoms with van der Waals surface area (Å²) in [5.74, 6) is 2.35.